The number of nitrogens with zero attached hydrogens (tertiary/aromatic N) is 1. The van der Waals surface area contributed by atoms with Crippen molar-refractivity contribution in [1.29, 1.82) is 0 Å². The lowest BCUT2D eigenvalue weighted by atomic mass is 10.2. The van der Waals surface area contributed by atoms with Crippen molar-refractivity contribution in [2.24, 2.45) is 0 Å². The van der Waals surface area contributed by atoms with Crippen LogP contribution in [0.25, 0.3) is 10.2 Å². The van der Waals surface area contributed by atoms with E-state index < -0.39 is 17.9 Å². The number of anilines is 1. The number of ether oxygens (including phenoxy) is 1. The minimum Gasteiger partial charge on any atom is -0.449 e. The summed E-state index contributed by atoms with van der Waals surface area (Å²) >= 11 is 1.05. The number of hydrogen-bond donors (Lipinski definition) is 3. The molecule has 112 valence electrons. The Kier molecular flexibility index (Phi) is 3.47. The van der Waals surface area contributed by atoms with Crippen molar-refractivity contribution in [1.82, 2.24) is 10.2 Å². The van der Waals surface area contributed by atoms with Crippen LogP contribution in [0, 0.1) is 5.82 Å². The number of carbonyl (C=O) groups is 2. The number of aromatic nitrogens is 2. The average Bonchev–Trinajstić information content (AvgIpc) is 3.00. The van der Waals surface area contributed by atoms with Gasteiger partial charge in [0.1, 0.15) is 10.6 Å². The Balaban J connectivity index is 1.84. The van der Waals surface area contributed by atoms with Crippen molar-refractivity contribution in [3.05, 3.63) is 41.7 Å². The molecule has 3 N–H and O–H groups in total. The number of benzene rings is 1. The molecule has 1 amide bonds. The summed E-state index contributed by atoms with van der Waals surface area (Å²) in [6, 6.07) is 6.51. The molecule has 9 heteroatoms. The fourth-order valence-electron chi connectivity index (χ4n) is 1.81. The van der Waals surface area contributed by atoms with Crippen LogP contribution in [0.5, 0.6) is 5.06 Å². The highest BCUT2D eigenvalue weighted by Gasteiger charge is 2.15. The van der Waals surface area contributed by atoms with Gasteiger partial charge in [-0.15, -0.1) is 0 Å². The van der Waals surface area contributed by atoms with Gasteiger partial charge in [-0.2, -0.15) is 5.10 Å². The Labute approximate surface area is 126 Å². The van der Waals surface area contributed by atoms with Crippen molar-refractivity contribution in [2.75, 3.05) is 5.32 Å². The monoisotopic (exact) mass is 321 g/mol. The smallest absolute Gasteiger partial charge is 0.449 e. The number of carboxylic acid groups (broad SMARTS) is 1. The quantitative estimate of drug-likeness (QED) is 0.643. The number of carbonyl (C=O) groups excluding carboxylic acids is 1. The van der Waals surface area contributed by atoms with E-state index in [-0.39, 0.29) is 16.4 Å². The van der Waals surface area contributed by atoms with Crippen molar-refractivity contribution >= 4 is 39.4 Å². The van der Waals surface area contributed by atoms with Crippen molar-refractivity contribution < 1.29 is 23.8 Å². The summed E-state index contributed by atoms with van der Waals surface area (Å²) in [6.45, 7) is 0. The SMILES string of the molecule is O=C(O)Oc1cc2c(NC(=O)c3ccc(F)cc3)n[nH]c2s1. The Hall–Kier alpha value is -2.94. The van der Waals surface area contributed by atoms with E-state index in [9.17, 15) is 14.0 Å². The molecule has 3 rings (SSSR count). The number of thiophene rings is 1. The van der Waals surface area contributed by atoms with Crippen LogP contribution < -0.4 is 10.1 Å². The second-order valence-electron chi connectivity index (χ2n) is 4.21. The number of hydrogen-bond acceptors (Lipinski definition) is 5. The van der Waals surface area contributed by atoms with Crippen LogP contribution >= 0.6 is 11.3 Å². The molecule has 0 radical (unpaired) electrons. The maximum absolute atomic E-state index is 12.8. The maximum Gasteiger partial charge on any atom is 0.512 e. The summed E-state index contributed by atoms with van der Waals surface area (Å²) in [7, 11) is 0. The maximum atomic E-state index is 12.8. The molecule has 0 aliphatic heterocycles. The number of H-pyrrole nitrogens is 1. The summed E-state index contributed by atoms with van der Waals surface area (Å²) in [4.78, 5) is 23.1. The fourth-order valence-corrected chi connectivity index (χ4v) is 2.65. The first-order chi connectivity index (χ1) is 10.5. The standard InChI is InChI=1S/C13H8FN3O4S/c14-7-3-1-6(2-4-7)11(18)15-10-8-5-9(21-13(19)20)22-12(8)17-16-10/h1-5H,(H,19,20)(H2,15,16,17,18). The van der Waals surface area contributed by atoms with Crippen LogP contribution in [0.4, 0.5) is 15.0 Å². The number of rotatable bonds is 3. The van der Waals surface area contributed by atoms with Gasteiger partial charge >= 0.3 is 6.16 Å². The molecule has 0 aliphatic carbocycles. The van der Waals surface area contributed by atoms with Gasteiger partial charge in [-0.3, -0.25) is 9.89 Å². The molecular formula is C13H8FN3O4S. The Bertz CT molecular complexity index is 856. The van der Waals surface area contributed by atoms with Gasteiger partial charge in [0.15, 0.2) is 10.9 Å². The van der Waals surface area contributed by atoms with E-state index in [1.165, 1.54) is 30.3 Å². The Morgan fingerprint density at radius 2 is 2.05 bits per heavy atom. The van der Waals surface area contributed by atoms with Crippen LogP contribution in [0.3, 0.4) is 0 Å². The van der Waals surface area contributed by atoms with Crippen LogP contribution in [-0.2, 0) is 0 Å². The molecule has 1 aromatic carbocycles. The lowest BCUT2D eigenvalue weighted by Crippen LogP contribution is -2.12. The number of nitrogens with one attached hydrogen (secondary N) is 2. The lowest BCUT2D eigenvalue weighted by molar-refractivity contribution is 0.102. The molecule has 0 saturated carbocycles. The topological polar surface area (TPSA) is 104 Å². The van der Waals surface area contributed by atoms with Crippen LogP contribution in [0.2, 0.25) is 0 Å². The molecule has 3 aromatic rings. The largest absolute Gasteiger partial charge is 0.512 e. The van der Waals surface area contributed by atoms with Gasteiger partial charge in [0, 0.05) is 11.6 Å². The molecule has 0 fully saturated rings. The Morgan fingerprint density at radius 3 is 2.73 bits per heavy atom. The third-order valence-corrected chi connectivity index (χ3v) is 3.68. The van der Waals surface area contributed by atoms with Crippen molar-refractivity contribution in [3.63, 3.8) is 0 Å². The highest BCUT2D eigenvalue weighted by atomic mass is 32.1. The summed E-state index contributed by atoms with van der Waals surface area (Å²) in [5.41, 5.74) is 0.273. The zero-order valence-electron chi connectivity index (χ0n) is 10.8. The van der Waals surface area contributed by atoms with Gasteiger partial charge in [-0.05, 0) is 24.3 Å². The van der Waals surface area contributed by atoms with E-state index in [4.69, 9.17) is 5.11 Å². The van der Waals surface area contributed by atoms with Crippen molar-refractivity contribution in [3.8, 4) is 5.06 Å². The van der Waals surface area contributed by atoms with Gasteiger partial charge in [0.25, 0.3) is 5.91 Å². The first-order valence-corrected chi connectivity index (χ1v) is 6.80. The molecule has 0 aliphatic rings. The molecule has 2 heterocycles. The minimum atomic E-state index is -1.42. The molecule has 0 unspecified atom stereocenters. The molecule has 7 nitrogen and oxygen atoms in total. The predicted molar refractivity (Wildman–Crippen MR) is 77.0 cm³/mol. The number of fused-ring (bicyclic) bond motifs is 1. The third-order valence-electron chi connectivity index (χ3n) is 2.76. The first kappa shape index (κ1) is 14.0. The van der Waals surface area contributed by atoms with Crippen molar-refractivity contribution in [2.45, 2.75) is 0 Å². The van der Waals surface area contributed by atoms with Gasteiger partial charge in [0.2, 0.25) is 0 Å². The highest BCUT2D eigenvalue weighted by molar-refractivity contribution is 7.20. The van der Waals surface area contributed by atoms with Gasteiger partial charge < -0.3 is 15.2 Å². The Morgan fingerprint density at radius 1 is 1.32 bits per heavy atom. The van der Waals surface area contributed by atoms with Gasteiger partial charge in [-0.1, -0.05) is 11.3 Å². The number of aromatic amines is 1. The minimum absolute atomic E-state index is 0.161. The average molecular weight is 321 g/mol. The van der Waals surface area contributed by atoms with Gasteiger partial charge in [-0.25, -0.2) is 9.18 Å². The molecule has 0 spiro atoms. The summed E-state index contributed by atoms with van der Waals surface area (Å²) in [5, 5.41) is 18.4. The summed E-state index contributed by atoms with van der Waals surface area (Å²) in [5.74, 6) is -0.659. The molecule has 0 saturated heterocycles. The first-order valence-electron chi connectivity index (χ1n) is 5.98. The highest BCUT2D eigenvalue weighted by Crippen LogP contribution is 2.34. The van der Waals surface area contributed by atoms with Crippen LogP contribution in [0.1, 0.15) is 10.4 Å². The number of amides is 1. The zero-order valence-corrected chi connectivity index (χ0v) is 11.6. The number of halogens is 1. The van der Waals surface area contributed by atoms with E-state index in [0.29, 0.717) is 10.2 Å². The second-order valence-corrected chi connectivity index (χ2v) is 5.22. The summed E-state index contributed by atoms with van der Waals surface area (Å²) in [6.07, 6.45) is -1.42. The van der Waals surface area contributed by atoms with E-state index in [2.05, 4.69) is 20.3 Å². The second kappa shape index (κ2) is 5.45. The van der Waals surface area contributed by atoms with Gasteiger partial charge in [0.05, 0.1) is 5.39 Å². The zero-order chi connectivity index (χ0) is 15.7. The van der Waals surface area contributed by atoms with E-state index in [0.717, 1.165) is 11.3 Å². The van der Waals surface area contributed by atoms with Crippen LogP contribution in [0.15, 0.2) is 30.3 Å². The fraction of sp³-hybridized carbons (Fsp3) is 0. The normalized spacial score (nSPS) is 10.6. The van der Waals surface area contributed by atoms with Crippen LogP contribution in [-0.4, -0.2) is 27.4 Å². The summed E-state index contributed by atoms with van der Waals surface area (Å²) < 4.78 is 17.4. The van der Waals surface area contributed by atoms with E-state index >= 15 is 0 Å². The predicted octanol–water partition coefficient (Wildman–Crippen LogP) is 3.07. The molecular weight excluding hydrogens is 313 g/mol. The molecule has 2 aromatic heterocycles. The van der Waals surface area contributed by atoms with E-state index in [1.54, 1.807) is 0 Å². The third kappa shape index (κ3) is 2.74. The van der Waals surface area contributed by atoms with E-state index in [1.807, 2.05) is 0 Å². The molecule has 0 atom stereocenters. The molecule has 22 heavy (non-hydrogen) atoms. The lowest BCUT2D eigenvalue weighted by Gasteiger charge is -2.01. The molecule has 0 bridgehead atoms.